The van der Waals surface area contributed by atoms with E-state index in [1.807, 2.05) is 0 Å². The molecule has 1 saturated heterocycles. The maximum Gasteiger partial charge on any atom is 0.320 e. The maximum absolute atomic E-state index is 11.2. The number of hydrogen-bond acceptors (Lipinski definition) is 2. The number of carbonyl (C=O) groups is 1. The van der Waals surface area contributed by atoms with Gasteiger partial charge in [-0.1, -0.05) is 51.9 Å². The van der Waals surface area contributed by atoms with Gasteiger partial charge in [0.1, 0.15) is 6.04 Å². The van der Waals surface area contributed by atoms with Crippen LogP contribution in [0.3, 0.4) is 0 Å². The Kier molecular flexibility index (Phi) is 8.06. The van der Waals surface area contributed by atoms with Crippen molar-refractivity contribution < 1.29 is 9.90 Å². The second kappa shape index (κ2) is 9.37. The van der Waals surface area contributed by atoms with E-state index < -0.39 is 5.97 Å². The first-order valence-corrected chi connectivity index (χ1v) is 7.72. The average molecular weight is 255 g/mol. The van der Waals surface area contributed by atoms with Crippen LogP contribution >= 0.6 is 0 Å². The standard InChI is InChI=1S/C15H29NO2/c1-2-3-4-5-6-7-8-11-14(15(17)18)16-12-9-10-13-16/h14H,2-13H2,1H3,(H,17,18). The fraction of sp³-hybridized carbons (Fsp3) is 0.933. The van der Waals surface area contributed by atoms with Gasteiger partial charge in [-0.3, -0.25) is 9.69 Å². The van der Waals surface area contributed by atoms with Crippen LogP contribution in [0.4, 0.5) is 0 Å². The number of carboxylic acid groups (broad SMARTS) is 1. The monoisotopic (exact) mass is 255 g/mol. The van der Waals surface area contributed by atoms with E-state index in [2.05, 4.69) is 11.8 Å². The minimum Gasteiger partial charge on any atom is -0.480 e. The molecule has 0 spiro atoms. The maximum atomic E-state index is 11.2. The van der Waals surface area contributed by atoms with Crippen LogP contribution in [0.1, 0.15) is 71.1 Å². The van der Waals surface area contributed by atoms with Gasteiger partial charge in [-0.15, -0.1) is 0 Å². The Morgan fingerprint density at radius 3 is 2.17 bits per heavy atom. The summed E-state index contributed by atoms with van der Waals surface area (Å²) in [6.45, 7) is 4.19. The molecule has 3 heteroatoms. The second-order valence-electron chi connectivity index (χ2n) is 5.51. The lowest BCUT2D eigenvalue weighted by atomic mass is 10.0. The van der Waals surface area contributed by atoms with E-state index in [0.717, 1.165) is 25.9 Å². The summed E-state index contributed by atoms with van der Waals surface area (Å²) in [5, 5.41) is 9.26. The van der Waals surface area contributed by atoms with Crippen LogP contribution < -0.4 is 0 Å². The lowest BCUT2D eigenvalue weighted by Crippen LogP contribution is -2.39. The Morgan fingerprint density at radius 1 is 1.06 bits per heavy atom. The predicted molar refractivity (Wildman–Crippen MR) is 74.8 cm³/mol. The third-order valence-corrected chi connectivity index (χ3v) is 3.95. The van der Waals surface area contributed by atoms with Crippen LogP contribution in [-0.2, 0) is 4.79 Å². The summed E-state index contributed by atoms with van der Waals surface area (Å²) in [4.78, 5) is 13.4. The number of unbranched alkanes of at least 4 members (excludes halogenated alkanes) is 6. The third kappa shape index (κ3) is 5.85. The van der Waals surface area contributed by atoms with E-state index in [-0.39, 0.29) is 6.04 Å². The predicted octanol–water partition coefficient (Wildman–Crippen LogP) is 3.68. The molecule has 0 saturated carbocycles. The van der Waals surface area contributed by atoms with Crippen molar-refractivity contribution in [3.63, 3.8) is 0 Å². The number of nitrogens with zero attached hydrogens (tertiary/aromatic N) is 1. The molecule has 0 aromatic carbocycles. The summed E-state index contributed by atoms with van der Waals surface area (Å²) in [5.74, 6) is -0.622. The van der Waals surface area contributed by atoms with Crippen molar-refractivity contribution in [2.45, 2.75) is 77.2 Å². The molecule has 18 heavy (non-hydrogen) atoms. The molecule has 0 radical (unpaired) electrons. The summed E-state index contributed by atoms with van der Waals surface area (Å²) >= 11 is 0. The van der Waals surface area contributed by atoms with Crippen molar-refractivity contribution >= 4 is 5.97 Å². The fourth-order valence-corrected chi connectivity index (χ4v) is 2.81. The molecule has 0 aliphatic carbocycles. The van der Waals surface area contributed by atoms with Crippen molar-refractivity contribution in [3.05, 3.63) is 0 Å². The first kappa shape index (κ1) is 15.5. The molecule has 1 aliphatic heterocycles. The first-order valence-electron chi connectivity index (χ1n) is 7.72. The molecule has 1 atom stereocenters. The van der Waals surface area contributed by atoms with Gasteiger partial charge < -0.3 is 5.11 Å². The number of likely N-dealkylation sites (tertiary alicyclic amines) is 1. The van der Waals surface area contributed by atoms with Crippen molar-refractivity contribution in [3.8, 4) is 0 Å². The minimum atomic E-state index is -0.622. The van der Waals surface area contributed by atoms with Gasteiger partial charge in [0.2, 0.25) is 0 Å². The molecule has 1 N–H and O–H groups in total. The highest BCUT2D eigenvalue weighted by Gasteiger charge is 2.26. The van der Waals surface area contributed by atoms with E-state index >= 15 is 0 Å². The second-order valence-corrected chi connectivity index (χ2v) is 5.51. The lowest BCUT2D eigenvalue weighted by molar-refractivity contribution is -0.143. The van der Waals surface area contributed by atoms with Crippen molar-refractivity contribution in [1.82, 2.24) is 4.90 Å². The molecule has 1 heterocycles. The van der Waals surface area contributed by atoms with Gasteiger partial charge in [0.15, 0.2) is 0 Å². The zero-order chi connectivity index (χ0) is 13.2. The van der Waals surface area contributed by atoms with Crippen LogP contribution in [0.5, 0.6) is 0 Å². The van der Waals surface area contributed by atoms with Gasteiger partial charge in [0, 0.05) is 0 Å². The molecular weight excluding hydrogens is 226 g/mol. The Hall–Kier alpha value is -0.570. The van der Waals surface area contributed by atoms with Gasteiger partial charge in [-0.25, -0.2) is 0 Å². The number of rotatable bonds is 10. The van der Waals surface area contributed by atoms with Gasteiger partial charge in [-0.2, -0.15) is 0 Å². The molecule has 0 amide bonds. The molecule has 0 bridgehead atoms. The minimum absolute atomic E-state index is 0.219. The molecule has 1 unspecified atom stereocenters. The Labute approximate surface area is 112 Å². The van der Waals surface area contributed by atoms with E-state index in [0.29, 0.717) is 0 Å². The molecule has 1 aliphatic rings. The number of hydrogen-bond donors (Lipinski definition) is 1. The van der Waals surface area contributed by atoms with E-state index in [1.165, 1.54) is 51.4 Å². The van der Waals surface area contributed by atoms with Crippen molar-refractivity contribution in [1.29, 1.82) is 0 Å². The van der Waals surface area contributed by atoms with E-state index in [4.69, 9.17) is 0 Å². The van der Waals surface area contributed by atoms with E-state index in [1.54, 1.807) is 0 Å². The normalized spacial score (nSPS) is 18.1. The largest absolute Gasteiger partial charge is 0.480 e. The van der Waals surface area contributed by atoms with Crippen LogP contribution in [-0.4, -0.2) is 35.1 Å². The zero-order valence-corrected chi connectivity index (χ0v) is 11.9. The first-order chi connectivity index (χ1) is 8.75. The summed E-state index contributed by atoms with van der Waals surface area (Å²) in [6.07, 6.45) is 12.0. The lowest BCUT2D eigenvalue weighted by Gasteiger charge is -2.23. The Bertz CT molecular complexity index is 225. The fourth-order valence-electron chi connectivity index (χ4n) is 2.81. The quantitative estimate of drug-likeness (QED) is 0.605. The van der Waals surface area contributed by atoms with E-state index in [9.17, 15) is 9.90 Å². The van der Waals surface area contributed by atoms with Crippen LogP contribution in [0.15, 0.2) is 0 Å². The van der Waals surface area contributed by atoms with Crippen molar-refractivity contribution in [2.24, 2.45) is 0 Å². The zero-order valence-electron chi connectivity index (χ0n) is 11.9. The molecule has 106 valence electrons. The third-order valence-electron chi connectivity index (χ3n) is 3.95. The Morgan fingerprint density at radius 2 is 1.61 bits per heavy atom. The van der Waals surface area contributed by atoms with Gasteiger partial charge in [0.05, 0.1) is 0 Å². The molecule has 1 rings (SSSR count). The number of carboxylic acids is 1. The van der Waals surface area contributed by atoms with Crippen molar-refractivity contribution in [2.75, 3.05) is 13.1 Å². The Balaban J connectivity index is 2.08. The molecule has 3 nitrogen and oxygen atoms in total. The van der Waals surface area contributed by atoms with Crippen LogP contribution in [0, 0.1) is 0 Å². The SMILES string of the molecule is CCCCCCCCCC(C(=O)O)N1CCCC1. The highest BCUT2D eigenvalue weighted by atomic mass is 16.4. The molecular formula is C15H29NO2. The van der Waals surface area contributed by atoms with Crippen LogP contribution in [0.25, 0.3) is 0 Å². The molecule has 0 aromatic heterocycles. The summed E-state index contributed by atoms with van der Waals surface area (Å²) in [7, 11) is 0. The summed E-state index contributed by atoms with van der Waals surface area (Å²) in [5.41, 5.74) is 0. The molecule has 0 aromatic rings. The van der Waals surface area contributed by atoms with Gasteiger partial charge in [-0.05, 0) is 32.4 Å². The summed E-state index contributed by atoms with van der Waals surface area (Å²) < 4.78 is 0. The average Bonchev–Trinajstić information content (AvgIpc) is 2.85. The summed E-state index contributed by atoms with van der Waals surface area (Å²) in [6, 6.07) is -0.219. The highest BCUT2D eigenvalue weighted by molar-refractivity contribution is 5.73. The molecule has 1 fully saturated rings. The highest BCUT2D eigenvalue weighted by Crippen LogP contribution is 2.17. The topological polar surface area (TPSA) is 40.5 Å². The van der Waals surface area contributed by atoms with Gasteiger partial charge in [0.25, 0.3) is 0 Å². The van der Waals surface area contributed by atoms with Gasteiger partial charge >= 0.3 is 5.97 Å². The smallest absolute Gasteiger partial charge is 0.320 e. The van der Waals surface area contributed by atoms with Crippen LogP contribution in [0.2, 0.25) is 0 Å². The number of aliphatic carboxylic acids is 1.